The second-order valence-electron chi connectivity index (χ2n) is 5.87. The standard InChI is InChI=1S/C21H25FN2O/c22-20-12-9-19(10-13-20)11-14-21(25)24-17-5-16-23-15-4-8-18-6-2-1-3-7-18/h1-3,6-7,9-14,23H,4-5,8,15-17H2,(H,24,25)/b14-11+. The molecule has 0 aliphatic carbocycles. The van der Waals surface area contributed by atoms with E-state index in [4.69, 9.17) is 0 Å². The summed E-state index contributed by atoms with van der Waals surface area (Å²) in [5.74, 6) is -0.411. The first kappa shape index (κ1) is 18.9. The number of halogens is 1. The first-order valence-corrected chi connectivity index (χ1v) is 8.70. The van der Waals surface area contributed by atoms with E-state index in [0.717, 1.165) is 37.9 Å². The van der Waals surface area contributed by atoms with Crippen LogP contribution in [0.4, 0.5) is 4.39 Å². The van der Waals surface area contributed by atoms with Crippen LogP contribution in [0.5, 0.6) is 0 Å². The van der Waals surface area contributed by atoms with Gasteiger partial charge in [-0.05, 0) is 61.7 Å². The van der Waals surface area contributed by atoms with Gasteiger partial charge in [0.05, 0.1) is 0 Å². The second kappa shape index (κ2) is 11.2. The first-order valence-electron chi connectivity index (χ1n) is 8.70. The minimum Gasteiger partial charge on any atom is -0.353 e. The van der Waals surface area contributed by atoms with Gasteiger partial charge in [-0.1, -0.05) is 42.5 Å². The van der Waals surface area contributed by atoms with Crippen LogP contribution in [0.3, 0.4) is 0 Å². The van der Waals surface area contributed by atoms with Crippen LogP contribution in [0, 0.1) is 5.82 Å². The summed E-state index contributed by atoms with van der Waals surface area (Å²) in [5, 5.41) is 6.23. The Morgan fingerprint density at radius 1 is 0.920 bits per heavy atom. The van der Waals surface area contributed by atoms with E-state index in [1.807, 2.05) is 6.07 Å². The Bertz CT molecular complexity index is 653. The molecule has 1 amide bonds. The average Bonchev–Trinajstić information content (AvgIpc) is 2.64. The number of aryl methyl sites for hydroxylation is 1. The molecule has 0 radical (unpaired) electrons. The van der Waals surface area contributed by atoms with Crippen molar-refractivity contribution >= 4 is 12.0 Å². The maximum absolute atomic E-state index is 12.8. The smallest absolute Gasteiger partial charge is 0.243 e. The van der Waals surface area contributed by atoms with Gasteiger partial charge in [-0.25, -0.2) is 4.39 Å². The fourth-order valence-electron chi connectivity index (χ4n) is 2.42. The lowest BCUT2D eigenvalue weighted by Gasteiger charge is -2.05. The molecule has 0 heterocycles. The third-order valence-electron chi connectivity index (χ3n) is 3.79. The molecule has 2 N–H and O–H groups in total. The van der Waals surface area contributed by atoms with Gasteiger partial charge in [0.25, 0.3) is 0 Å². The summed E-state index contributed by atoms with van der Waals surface area (Å²) in [5.41, 5.74) is 2.17. The Hall–Kier alpha value is -2.46. The fraction of sp³-hybridized carbons (Fsp3) is 0.286. The summed E-state index contributed by atoms with van der Waals surface area (Å²) < 4.78 is 12.8. The van der Waals surface area contributed by atoms with Crippen molar-refractivity contribution in [1.82, 2.24) is 10.6 Å². The summed E-state index contributed by atoms with van der Waals surface area (Å²) in [6, 6.07) is 16.5. The van der Waals surface area contributed by atoms with E-state index in [-0.39, 0.29) is 11.7 Å². The number of nitrogens with one attached hydrogen (secondary N) is 2. The molecule has 2 aromatic carbocycles. The number of benzene rings is 2. The third-order valence-corrected chi connectivity index (χ3v) is 3.79. The second-order valence-corrected chi connectivity index (χ2v) is 5.87. The van der Waals surface area contributed by atoms with Crippen LogP contribution in [0.2, 0.25) is 0 Å². The first-order chi connectivity index (χ1) is 12.2. The number of rotatable bonds is 10. The van der Waals surface area contributed by atoms with E-state index in [1.54, 1.807) is 18.2 Å². The monoisotopic (exact) mass is 340 g/mol. The van der Waals surface area contributed by atoms with E-state index in [0.29, 0.717) is 6.54 Å². The zero-order valence-electron chi connectivity index (χ0n) is 14.4. The molecule has 0 bridgehead atoms. The van der Waals surface area contributed by atoms with Gasteiger partial charge in [0.15, 0.2) is 0 Å². The van der Waals surface area contributed by atoms with E-state index in [1.165, 1.54) is 23.8 Å². The topological polar surface area (TPSA) is 41.1 Å². The number of amides is 1. The van der Waals surface area contributed by atoms with Crippen LogP contribution >= 0.6 is 0 Å². The van der Waals surface area contributed by atoms with Gasteiger partial charge in [0, 0.05) is 12.6 Å². The Morgan fingerprint density at radius 2 is 1.64 bits per heavy atom. The molecule has 132 valence electrons. The van der Waals surface area contributed by atoms with E-state index in [2.05, 4.69) is 34.9 Å². The van der Waals surface area contributed by atoms with Crippen molar-refractivity contribution < 1.29 is 9.18 Å². The van der Waals surface area contributed by atoms with Gasteiger partial charge in [-0.3, -0.25) is 4.79 Å². The number of hydrogen-bond acceptors (Lipinski definition) is 2. The van der Waals surface area contributed by atoms with Crippen molar-refractivity contribution in [3.05, 3.63) is 77.6 Å². The highest BCUT2D eigenvalue weighted by Crippen LogP contribution is 2.04. The van der Waals surface area contributed by atoms with Crippen molar-refractivity contribution in [3.63, 3.8) is 0 Å². The molecule has 0 fully saturated rings. The van der Waals surface area contributed by atoms with Gasteiger partial charge >= 0.3 is 0 Å². The Kier molecular flexibility index (Phi) is 8.42. The normalized spacial score (nSPS) is 10.9. The van der Waals surface area contributed by atoms with Crippen LogP contribution in [-0.4, -0.2) is 25.5 Å². The van der Waals surface area contributed by atoms with Gasteiger partial charge < -0.3 is 10.6 Å². The Labute approximate surface area is 149 Å². The lowest BCUT2D eigenvalue weighted by molar-refractivity contribution is -0.116. The Morgan fingerprint density at radius 3 is 2.40 bits per heavy atom. The Balaban J connectivity index is 1.48. The molecule has 0 saturated heterocycles. The third kappa shape index (κ3) is 8.27. The molecule has 0 aromatic heterocycles. The zero-order chi connectivity index (χ0) is 17.7. The average molecular weight is 340 g/mol. The molecular weight excluding hydrogens is 315 g/mol. The number of carbonyl (C=O) groups excluding carboxylic acids is 1. The van der Waals surface area contributed by atoms with Crippen molar-refractivity contribution in [1.29, 1.82) is 0 Å². The van der Waals surface area contributed by atoms with Gasteiger partial charge in [0.2, 0.25) is 5.91 Å². The van der Waals surface area contributed by atoms with Gasteiger partial charge in [-0.15, -0.1) is 0 Å². The predicted octanol–water partition coefficient (Wildman–Crippen LogP) is 3.57. The molecule has 4 heteroatoms. The van der Waals surface area contributed by atoms with E-state index < -0.39 is 0 Å². The molecular formula is C21H25FN2O. The summed E-state index contributed by atoms with van der Waals surface area (Å²) in [4.78, 5) is 11.7. The molecule has 0 unspecified atom stereocenters. The maximum Gasteiger partial charge on any atom is 0.243 e. The van der Waals surface area contributed by atoms with Crippen LogP contribution in [-0.2, 0) is 11.2 Å². The van der Waals surface area contributed by atoms with Gasteiger partial charge in [-0.2, -0.15) is 0 Å². The molecule has 2 rings (SSSR count). The minimum absolute atomic E-state index is 0.131. The number of carbonyl (C=O) groups is 1. The maximum atomic E-state index is 12.8. The van der Waals surface area contributed by atoms with Crippen molar-refractivity contribution in [3.8, 4) is 0 Å². The largest absolute Gasteiger partial charge is 0.353 e. The SMILES string of the molecule is O=C(/C=C/c1ccc(F)cc1)NCCCNCCCc1ccccc1. The molecule has 0 aliphatic heterocycles. The summed E-state index contributed by atoms with van der Waals surface area (Å²) >= 11 is 0. The van der Waals surface area contributed by atoms with Crippen molar-refractivity contribution in [2.75, 3.05) is 19.6 Å². The molecule has 0 aliphatic rings. The highest BCUT2D eigenvalue weighted by molar-refractivity contribution is 5.91. The molecule has 25 heavy (non-hydrogen) atoms. The van der Waals surface area contributed by atoms with Crippen LogP contribution in [0.25, 0.3) is 6.08 Å². The van der Waals surface area contributed by atoms with Crippen LogP contribution in [0.1, 0.15) is 24.0 Å². The predicted molar refractivity (Wildman–Crippen MR) is 101 cm³/mol. The van der Waals surface area contributed by atoms with E-state index >= 15 is 0 Å². The molecule has 2 aromatic rings. The number of hydrogen-bond donors (Lipinski definition) is 2. The summed E-state index contributed by atoms with van der Waals surface area (Å²) in [7, 11) is 0. The zero-order valence-corrected chi connectivity index (χ0v) is 14.4. The van der Waals surface area contributed by atoms with Gasteiger partial charge in [0.1, 0.15) is 5.82 Å². The lowest BCUT2D eigenvalue weighted by Crippen LogP contribution is -2.26. The van der Waals surface area contributed by atoms with Crippen molar-refractivity contribution in [2.45, 2.75) is 19.3 Å². The lowest BCUT2D eigenvalue weighted by atomic mass is 10.1. The van der Waals surface area contributed by atoms with Crippen LogP contribution in [0.15, 0.2) is 60.7 Å². The molecule has 3 nitrogen and oxygen atoms in total. The quantitative estimate of drug-likeness (QED) is 0.513. The highest BCUT2D eigenvalue weighted by atomic mass is 19.1. The molecule has 0 saturated carbocycles. The summed E-state index contributed by atoms with van der Waals surface area (Å²) in [6.07, 6.45) is 6.23. The fourth-order valence-corrected chi connectivity index (χ4v) is 2.42. The molecule has 0 spiro atoms. The summed E-state index contributed by atoms with van der Waals surface area (Å²) in [6.45, 7) is 2.50. The highest BCUT2D eigenvalue weighted by Gasteiger charge is 1.96. The van der Waals surface area contributed by atoms with Crippen molar-refractivity contribution in [2.24, 2.45) is 0 Å². The molecule has 0 atom stereocenters. The minimum atomic E-state index is -0.280. The van der Waals surface area contributed by atoms with Crippen LogP contribution < -0.4 is 10.6 Å². The van der Waals surface area contributed by atoms with E-state index in [9.17, 15) is 9.18 Å².